The van der Waals surface area contributed by atoms with Gasteiger partial charge in [0.1, 0.15) is 73.2 Å². The summed E-state index contributed by atoms with van der Waals surface area (Å²) >= 11 is 0. The molecule has 0 aromatic heterocycles. The second-order valence-electron chi connectivity index (χ2n) is 25.0. The van der Waals surface area contributed by atoms with Gasteiger partial charge in [0.15, 0.2) is 18.9 Å². The van der Waals surface area contributed by atoms with E-state index in [2.05, 4.69) is 92.1 Å². The largest absolute Gasteiger partial charge is 0.394 e. The molecule has 3 saturated heterocycles. The number of hydrogen-bond donors (Lipinski definition) is 12. The first kappa shape index (κ1) is 82.2. The van der Waals surface area contributed by atoms with Crippen molar-refractivity contribution in [3.63, 3.8) is 0 Å². The van der Waals surface area contributed by atoms with Crippen molar-refractivity contribution in [2.75, 3.05) is 26.4 Å². The Balaban J connectivity index is 1.42. The molecule has 17 atom stereocenters. The van der Waals surface area contributed by atoms with E-state index >= 15 is 0 Å². The first-order valence-electron chi connectivity index (χ1n) is 35.3. The molecule has 0 aromatic carbocycles. The predicted octanol–water partition coefficient (Wildman–Crippen LogP) is 9.49. The van der Waals surface area contributed by atoms with Crippen LogP contribution >= 0.6 is 0 Å². The second kappa shape index (κ2) is 53.2. The summed E-state index contributed by atoms with van der Waals surface area (Å²) in [7, 11) is 0. The third kappa shape index (κ3) is 35.0. The van der Waals surface area contributed by atoms with E-state index in [0.29, 0.717) is 12.8 Å². The van der Waals surface area contributed by atoms with Crippen LogP contribution in [0.3, 0.4) is 0 Å². The van der Waals surface area contributed by atoms with Gasteiger partial charge in [-0.25, -0.2) is 0 Å². The summed E-state index contributed by atoms with van der Waals surface area (Å²) in [6, 6.07) is -0.995. The second-order valence-corrected chi connectivity index (χ2v) is 25.0. The van der Waals surface area contributed by atoms with Crippen LogP contribution in [0.4, 0.5) is 0 Å². The van der Waals surface area contributed by atoms with Crippen LogP contribution in [-0.2, 0) is 33.2 Å². The van der Waals surface area contributed by atoms with Crippen molar-refractivity contribution in [2.24, 2.45) is 0 Å². The molecule has 0 radical (unpaired) electrons. The zero-order valence-electron chi connectivity index (χ0n) is 55.5. The summed E-state index contributed by atoms with van der Waals surface area (Å²) in [6.45, 7) is 1.60. The smallest absolute Gasteiger partial charge is 0.220 e. The lowest BCUT2D eigenvalue weighted by molar-refractivity contribution is -0.379. The number of carbonyl (C=O) groups excluding carboxylic acids is 1. The fraction of sp³-hybridized carbons (Fsp3) is 0.792. The van der Waals surface area contributed by atoms with Crippen LogP contribution in [0.2, 0.25) is 0 Å². The fourth-order valence-electron chi connectivity index (χ4n) is 11.5. The number of aliphatic hydroxyl groups excluding tert-OH is 11. The van der Waals surface area contributed by atoms with Crippen molar-refractivity contribution in [1.82, 2.24) is 5.32 Å². The standard InChI is InChI=1S/C72H125NO18/c1-3-5-7-9-11-13-15-17-19-21-22-23-24-25-26-27-28-29-30-31-32-34-36-38-40-42-44-46-48-50-60(78)73-55(56(77)49-47-45-43-41-39-37-35-33-20-18-16-14-12-10-8-6-4-2)54-86-70-66(84)63(81)68(58(52-75)88-70)91-72-67(85)64(82)69(59(53-76)89-72)90-71-65(83)62(80)61(79)57(51-74)87-71/h5,7,11,13,17,19,22-23,25-26,39,41,47,49,55-59,61-72,74-77,79-85H,3-4,6,8-10,12,14-16,18,20-21,24,27-38,40,42-46,48,50-54H2,1-2H3,(H,73,78)/b7-5-,13-11-,19-17-,23-22-,26-25-,41-39+,49-47+. The molecule has 0 spiro atoms. The number of ether oxygens (including phenoxy) is 6. The van der Waals surface area contributed by atoms with Crippen molar-refractivity contribution in [3.05, 3.63) is 85.1 Å². The Labute approximate surface area is 546 Å². The summed E-state index contributed by atoms with van der Waals surface area (Å²) in [6.07, 6.45) is 41.3. The summed E-state index contributed by atoms with van der Waals surface area (Å²) in [5, 5.41) is 120. The van der Waals surface area contributed by atoms with Crippen LogP contribution in [0.1, 0.15) is 232 Å². The van der Waals surface area contributed by atoms with Gasteiger partial charge in [-0.15, -0.1) is 0 Å². The van der Waals surface area contributed by atoms with Gasteiger partial charge in [0.25, 0.3) is 0 Å². The van der Waals surface area contributed by atoms with E-state index in [-0.39, 0.29) is 18.9 Å². The Kier molecular flexibility index (Phi) is 48.0. The molecule has 3 heterocycles. The highest BCUT2D eigenvalue weighted by molar-refractivity contribution is 5.76. The van der Waals surface area contributed by atoms with E-state index in [4.69, 9.17) is 28.4 Å². The van der Waals surface area contributed by atoms with Crippen LogP contribution in [-0.4, -0.2) is 193 Å². The molecule has 17 unspecified atom stereocenters. The predicted molar refractivity (Wildman–Crippen MR) is 355 cm³/mol. The third-order valence-electron chi connectivity index (χ3n) is 17.2. The molecule has 19 nitrogen and oxygen atoms in total. The van der Waals surface area contributed by atoms with Gasteiger partial charge in [-0.1, -0.05) is 234 Å². The SMILES string of the molecule is CC/C=C\C/C=C\C/C=C\C/C=C\C/C=C\CCCCCCCCCCCCCCCC(=O)NC(COC1OC(CO)C(OC2OC(CO)C(OC3OC(CO)C(O)C(O)C3O)C(O)C2O)C(O)C1O)C(O)/C=C/CC/C=C/CCCCCCCCCCCCC. The first-order chi connectivity index (χ1) is 44.3. The lowest BCUT2D eigenvalue weighted by atomic mass is 9.96. The highest BCUT2D eigenvalue weighted by Crippen LogP contribution is 2.33. The van der Waals surface area contributed by atoms with Gasteiger partial charge < -0.3 is 89.9 Å². The molecular formula is C72H125NO18. The minimum Gasteiger partial charge on any atom is -0.394 e. The average molecular weight is 1290 g/mol. The lowest BCUT2D eigenvalue weighted by Gasteiger charge is -2.48. The zero-order chi connectivity index (χ0) is 66.1. The van der Waals surface area contributed by atoms with Gasteiger partial charge >= 0.3 is 0 Å². The van der Waals surface area contributed by atoms with E-state index in [0.717, 1.165) is 83.5 Å². The molecule has 3 aliphatic rings. The molecule has 0 saturated carbocycles. The number of unbranched alkanes of at least 4 members (excludes halogenated alkanes) is 25. The quantitative estimate of drug-likeness (QED) is 0.0199. The molecule has 0 aromatic rings. The molecule has 19 heteroatoms. The van der Waals surface area contributed by atoms with Crippen LogP contribution in [0, 0.1) is 0 Å². The van der Waals surface area contributed by atoms with Gasteiger partial charge in [0, 0.05) is 6.42 Å². The van der Waals surface area contributed by atoms with Crippen molar-refractivity contribution in [3.8, 4) is 0 Å². The van der Waals surface area contributed by atoms with Gasteiger partial charge in [-0.05, 0) is 77.0 Å². The Hall–Kier alpha value is -3.03. The van der Waals surface area contributed by atoms with Crippen molar-refractivity contribution in [2.45, 2.75) is 336 Å². The highest BCUT2D eigenvalue weighted by Gasteiger charge is 2.53. The number of aliphatic hydroxyl groups is 11. The molecule has 12 N–H and O–H groups in total. The van der Waals surface area contributed by atoms with Crippen LogP contribution in [0.25, 0.3) is 0 Å². The molecule has 0 bridgehead atoms. The fourth-order valence-corrected chi connectivity index (χ4v) is 11.5. The third-order valence-corrected chi connectivity index (χ3v) is 17.2. The number of carbonyl (C=O) groups is 1. The molecule has 526 valence electrons. The van der Waals surface area contributed by atoms with E-state index < -0.39 is 124 Å². The van der Waals surface area contributed by atoms with Crippen molar-refractivity contribution < 1.29 is 89.4 Å². The molecular weight excluding hydrogens is 1170 g/mol. The number of rotatable bonds is 53. The number of allylic oxidation sites excluding steroid dienone is 13. The summed E-state index contributed by atoms with van der Waals surface area (Å²) < 4.78 is 34.3. The van der Waals surface area contributed by atoms with E-state index in [1.165, 1.54) is 116 Å². The van der Waals surface area contributed by atoms with Gasteiger partial charge in [-0.2, -0.15) is 0 Å². The van der Waals surface area contributed by atoms with Crippen molar-refractivity contribution in [1.29, 1.82) is 0 Å². The number of nitrogens with one attached hydrogen (secondary N) is 1. The normalized spacial score (nSPS) is 28.4. The molecule has 0 aliphatic carbocycles. The van der Waals surface area contributed by atoms with E-state index in [9.17, 15) is 61.0 Å². The maximum absolute atomic E-state index is 13.4. The lowest BCUT2D eigenvalue weighted by Crippen LogP contribution is -2.66. The average Bonchev–Trinajstić information content (AvgIpc) is 0.884. The Morgan fingerprint density at radius 1 is 0.407 bits per heavy atom. The van der Waals surface area contributed by atoms with Gasteiger partial charge in [0.05, 0.1) is 38.6 Å². The van der Waals surface area contributed by atoms with Gasteiger partial charge in [0.2, 0.25) is 5.91 Å². The topological polar surface area (TPSA) is 307 Å². The minimum absolute atomic E-state index is 0.230. The van der Waals surface area contributed by atoms with Crippen LogP contribution in [0.5, 0.6) is 0 Å². The minimum atomic E-state index is -1.98. The van der Waals surface area contributed by atoms with Crippen LogP contribution < -0.4 is 5.32 Å². The van der Waals surface area contributed by atoms with E-state index in [1.807, 2.05) is 6.08 Å². The zero-order valence-corrected chi connectivity index (χ0v) is 55.5. The molecule has 3 rings (SSSR count). The van der Waals surface area contributed by atoms with Crippen molar-refractivity contribution >= 4 is 5.91 Å². The van der Waals surface area contributed by atoms with Crippen LogP contribution in [0.15, 0.2) is 85.1 Å². The maximum atomic E-state index is 13.4. The van der Waals surface area contributed by atoms with E-state index in [1.54, 1.807) is 6.08 Å². The number of amides is 1. The molecule has 3 fully saturated rings. The Bertz CT molecular complexity index is 1980. The first-order valence-corrected chi connectivity index (χ1v) is 35.3. The molecule has 91 heavy (non-hydrogen) atoms. The number of hydrogen-bond acceptors (Lipinski definition) is 18. The summed E-state index contributed by atoms with van der Waals surface area (Å²) in [5.74, 6) is -0.289. The van der Waals surface area contributed by atoms with Gasteiger partial charge in [-0.3, -0.25) is 4.79 Å². The molecule has 1 amide bonds. The maximum Gasteiger partial charge on any atom is 0.220 e. The summed E-state index contributed by atoms with van der Waals surface area (Å²) in [4.78, 5) is 13.4. The highest BCUT2D eigenvalue weighted by atomic mass is 16.8. The Morgan fingerprint density at radius 2 is 0.769 bits per heavy atom. The molecule has 3 aliphatic heterocycles. The summed E-state index contributed by atoms with van der Waals surface area (Å²) in [5.41, 5.74) is 0. The monoisotopic (exact) mass is 1290 g/mol. The Morgan fingerprint density at radius 3 is 1.23 bits per heavy atom.